The maximum atomic E-state index is 9.62. The molecular formula is C15H23NO3. The Bertz CT molecular complexity index is 389. The standard InChI is InChI=1S/C15H23NO3/c1-18-11-14-4-2-3-13(9-14)10-16-15(12-17)5-7-19-8-6-15/h2-4,9,16-17H,5-8,10-12H2,1H3. The first-order valence-electron chi connectivity index (χ1n) is 6.78. The van der Waals surface area contributed by atoms with Crippen molar-refractivity contribution < 1.29 is 14.6 Å². The van der Waals surface area contributed by atoms with Gasteiger partial charge in [-0.1, -0.05) is 24.3 Å². The Morgan fingerprint density at radius 3 is 2.74 bits per heavy atom. The van der Waals surface area contributed by atoms with Crippen molar-refractivity contribution >= 4 is 0 Å². The first-order valence-corrected chi connectivity index (χ1v) is 6.78. The Hall–Kier alpha value is -0.940. The van der Waals surface area contributed by atoms with Gasteiger partial charge in [-0.15, -0.1) is 0 Å². The van der Waals surface area contributed by atoms with E-state index in [0.717, 1.165) is 32.6 Å². The van der Waals surface area contributed by atoms with Crippen LogP contribution < -0.4 is 5.32 Å². The molecule has 0 aliphatic carbocycles. The number of hydrogen-bond acceptors (Lipinski definition) is 4. The molecule has 0 saturated carbocycles. The molecule has 0 radical (unpaired) electrons. The molecule has 4 heteroatoms. The highest BCUT2D eigenvalue weighted by molar-refractivity contribution is 5.23. The lowest BCUT2D eigenvalue weighted by Crippen LogP contribution is -2.51. The van der Waals surface area contributed by atoms with Gasteiger partial charge < -0.3 is 19.9 Å². The third kappa shape index (κ3) is 4.01. The van der Waals surface area contributed by atoms with E-state index in [9.17, 15) is 5.11 Å². The number of nitrogens with one attached hydrogen (secondary N) is 1. The molecular weight excluding hydrogens is 242 g/mol. The van der Waals surface area contributed by atoms with Crippen molar-refractivity contribution in [3.05, 3.63) is 35.4 Å². The van der Waals surface area contributed by atoms with Crippen molar-refractivity contribution in [2.75, 3.05) is 26.9 Å². The minimum atomic E-state index is -0.185. The van der Waals surface area contributed by atoms with E-state index in [1.807, 2.05) is 6.07 Å². The van der Waals surface area contributed by atoms with Crippen LogP contribution in [-0.4, -0.2) is 37.6 Å². The number of aliphatic hydroxyl groups excluding tert-OH is 1. The van der Waals surface area contributed by atoms with Crippen LogP contribution in [-0.2, 0) is 22.6 Å². The second-order valence-corrected chi connectivity index (χ2v) is 5.16. The number of rotatable bonds is 6. The average molecular weight is 265 g/mol. The van der Waals surface area contributed by atoms with Gasteiger partial charge in [0.1, 0.15) is 0 Å². The number of methoxy groups -OCH3 is 1. The van der Waals surface area contributed by atoms with Crippen LogP contribution in [0.5, 0.6) is 0 Å². The molecule has 2 N–H and O–H groups in total. The van der Waals surface area contributed by atoms with Crippen molar-refractivity contribution in [1.29, 1.82) is 0 Å². The normalized spacial score (nSPS) is 18.4. The van der Waals surface area contributed by atoms with Gasteiger partial charge in [-0.25, -0.2) is 0 Å². The van der Waals surface area contributed by atoms with Crippen LogP contribution in [0.15, 0.2) is 24.3 Å². The number of hydrogen-bond donors (Lipinski definition) is 2. The summed E-state index contributed by atoms with van der Waals surface area (Å²) < 4.78 is 10.5. The Morgan fingerprint density at radius 2 is 2.05 bits per heavy atom. The van der Waals surface area contributed by atoms with Crippen LogP contribution in [0.3, 0.4) is 0 Å². The van der Waals surface area contributed by atoms with E-state index in [-0.39, 0.29) is 12.1 Å². The molecule has 1 heterocycles. The third-order valence-corrected chi connectivity index (χ3v) is 3.72. The van der Waals surface area contributed by atoms with Crippen LogP contribution in [0, 0.1) is 0 Å². The van der Waals surface area contributed by atoms with E-state index in [4.69, 9.17) is 9.47 Å². The van der Waals surface area contributed by atoms with Crippen molar-refractivity contribution in [2.45, 2.75) is 31.5 Å². The van der Waals surface area contributed by atoms with Crippen LogP contribution in [0.2, 0.25) is 0 Å². The first kappa shape index (κ1) is 14.5. The minimum absolute atomic E-state index is 0.161. The Morgan fingerprint density at radius 1 is 1.32 bits per heavy atom. The molecule has 1 saturated heterocycles. The quantitative estimate of drug-likeness (QED) is 0.817. The molecule has 1 aliphatic heterocycles. The lowest BCUT2D eigenvalue weighted by atomic mass is 9.90. The van der Waals surface area contributed by atoms with Crippen LogP contribution in [0.25, 0.3) is 0 Å². The van der Waals surface area contributed by atoms with Gasteiger partial charge in [0.2, 0.25) is 0 Å². The monoisotopic (exact) mass is 265 g/mol. The van der Waals surface area contributed by atoms with Gasteiger partial charge in [0.15, 0.2) is 0 Å². The fourth-order valence-corrected chi connectivity index (χ4v) is 2.44. The summed E-state index contributed by atoms with van der Waals surface area (Å²) in [6.45, 7) is 2.99. The molecule has 1 aromatic rings. The summed E-state index contributed by atoms with van der Waals surface area (Å²) in [6.07, 6.45) is 1.72. The SMILES string of the molecule is COCc1cccc(CNC2(CO)CCOCC2)c1. The highest BCUT2D eigenvalue weighted by Crippen LogP contribution is 2.20. The largest absolute Gasteiger partial charge is 0.394 e. The topological polar surface area (TPSA) is 50.7 Å². The minimum Gasteiger partial charge on any atom is -0.394 e. The molecule has 1 aliphatic rings. The van der Waals surface area contributed by atoms with Gasteiger partial charge in [-0.05, 0) is 24.0 Å². The molecule has 1 fully saturated rings. The molecule has 1 aromatic carbocycles. The van der Waals surface area contributed by atoms with Crippen molar-refractivity contribution in [2.24, 2.45) is 0 Å². The van der Waals surface area contributed by atoms with Crippen LogP contribution >= 0.6 is 0 Å². The zero-order chi connectivity index (χ0) is 13.6. The number of ether oxygens (including phenoxy) is 2. The predicted molar refractivity (Wildman–Crippen MR) is 73.9 cm³/mol. The maximum absolute atomic E-state index is 9.62. The zero-order valence-corrected chi connectivity index (χ0v) is 11.5. The molecule has 2 rings (SSSR count). The maximum Gasteiger partial charge on any atom is 0.0713 e. The van der Waals surface area contributed by atoms with Crippen LogP contribution in [0.4, 0.5) is 0 Å². The van der Waals surface area contributed by atoms with E-state index < -0.39 is 0 Å². The van der Waals surface area contributed by atoms with Crippen molar-refractivity contribution in [1.82, 2.24) is 5.32 Å². The van der Waals surface area contributed by atoms with Gasteiger partial charge in [0.25, 0.3) is 0 Å². The highest BCUT2D eigenvalue weighted by atomic mass is 16.5. The number of benzene rings is 1. The van der Waals surface area contributed by atoms with Gasteiger partial charge in [-0.3, -0.25) is 0 Å². The van der Waals surface area contributed by atoms with Crippen molar-refractivity contribution in [3.8, 4) is 0 Å². The Labute approximate surface area is 114 Å². The summed E-state index contributed by atoms with van der Waals surface area (Å²) >= 11 is 0. The molecule has 0 spiro atoms. The Balaban J connectivity index is 1.94. The predicted octanol–water partition coefficient (Wildman–Crippen LogP) is 1.46. The van der Waals surface area contributed by atoms with Crippen molar-refractivity contribution in [3.63, 3.8) is 0 Å². The lowest BCUT2D eigenvalue weighted by Gasteiger charge is -2.36. The second kappa shape index (κ2) is 7.01. The molecule has 0 amide bonds. The molecule has 4 nitrogen and oxygen atoms in total. The molecule has 106 valence electrons. The highest BCUT2D eigenvalue weighted by Gasteiger charge is 2.31. The van der Waals surface area contributed by atoms with E-state index in [1.165, 1.54) is 11.1 Å². The molecule has 0 atom stereocenters. The average Bonchev–Trinajstić information content (AvgIpc) is 2.47. The van der Waals surface area contributed by atoms with Gasteiger partial charge in [-0.2, -0.15) is 0 Å². The molecule has 0 bridgehead atoms. The van der Waals surface area contributed by atoms with Gasteiger partial charge >= 0.3 is 0 Å². The van der Waals surface area contributed by atoms with E-state index in [1.54, 1.807) is 7.11 Å². The first-order chi connectivity index (χ1) is 9.28. The summed E-state index contributed by atoms with van der Waals surface area (Å²) in [5.41, 5.74) is 2.20. The summed E-state index contributed by atoms with van der Waals surface area (Å²) in [7, 11) is 1.70. The molecule has 0 aromatic heterocycles. The van der Waals surface area contributed by atoms with E-state index >= 15 is 0 Å². The second-order valence-electron chi connectivity index (χ2n) is 5.16. The van der Waals surface area contributed by atoms with Gasteiger partial charge in [0.05, 0.1) is 13.2 Å². The number of aliphatic hydroxyl groups is 1. The molecule has 0 unspecified atom stereocenters. The van der Waals surface area contributed by atoms with Crippen LogP contribution in [0.1, 0.15) is 24.0 Å². The summed E-state index contributed by atoms with van der Waals surface area (Å²) in [6, 6.07) is 8.34. The van der Waals surface area contributed by atoms with Gasteiger partial charge in [0, 0.05) is 32.4 Å². The fourth-order valence-electron chi connectivity index (χ4n) is 2.44. The Kier molecular flexibility index (Phi) is 5.34. The summed E-state index contributed by atoms with van der Waals surface area (Å²) in [5, 5.41) is 13.1. The third-order valence-electron chi connectivity index (χ3n) is 3.72. The fraction of sp³-hybridized carbons (Fsp3) is 0.600. The smallest absolute Gasteiger partial charge is 0.0713 e. The summed E-state index contributed by atoms with van der Waals surface area (Å²) in [4.78, 5) is 0. The summed E-state index contributed by atoms with van der Waals surface area (Å²) in [5.74, 6) is 0. The lowest BCUT2D eigenvalue weighted by molar-refractivity contribution is 0.0111. The van der Waals surface area contributed by atoms with E-state index in [2.05, 4.69) is 23.5 Å². The zero-order valence-electron chi connectivity index (χ0n) is 11.5. The van der Waals surface area contributed by atoms with E-state index in [0.29, 0.717) is 6.61 Å². The molecule has 19 heavy (non-hydrogen) atoms.